The van der Waals surface area contributed by atoms with Crippen molar-refractivity contribution in [3.8, 4) is 11.3 Å². The molecule has 0 N–H and O–H groups in total. The van der Waals surface area contributed by atoms with E-state index >= 15 is 0 Å². The second-order valence-corrected chi connectivity index (χ2v) is 4.03. The highest BCUT2D eigenvalue weighted by atomic mass is 35.5. The van der Waals surface area contributed by atoms with Gasteiger partial charge in [0.2, 0.25) is 0 Å². The first-order valence-corrected chi connectivity index (χ1v) is 5.98. The Morgan fingerprint density at radius 2 is 1.94 bits per heavy atom. The van der Waals surface area contributed by atoms with Gasteiger partial charge in [-0.05, 0) is 31.2 Å². The molecule has 4 heteroatoms. The summed E-state index contributed by atoms with van der Waals surface area (Å²) in [7, 11) is 0. The predicted molar refractivity (Wildman–Crippen MR) is 70.6 cm³/mol. The van der Waals surface area contributed by atoms with Gasteiger partial charge in [0.15, 0.2) is 0 Å². The van der Waals surface area contributed by atoms with Crippen LogP contribution in [0, 0.1) is 0 Å². The molecule has 0 atom stereocenters. The van der Waals surface area contributed by atoms with E-state index in [4.69, 9.17) is 16.3 Å². The van der Waals surface area contributed by atoms with Gasteiger partial charge < -0.3 is 4.74 Å². The third-order valence-corrected chi connectivity index (χ3v) is 2.62. The van der Waals surface area contributed by atoms with E-state index in [1.54, 1.807) is 25.1 Å². The van der Waals surface area contributed by atoms with Gasteiger partial charge in [-0.1, -0.05) is 29.8 Å². The van der Waals surface area contributed by atoms with E-state index in [0.717, 1.165) is 11.3 Å². The average molecular weight is 262 g/mol. The summed E-state index contributed by atoms with van der Waals surface area (Å²) >= 11 is 5.83. The van der Waals surface area contributed by atoms with Gasteiger partial charge in [0, 0.05) is 5.56 Å². The molecule has 3 nitrogen and oxygen atoms in total. The Hall–Kier alpha value is -1.87. The molecule has 0 aliphatic carbocycles. The molecule has 18 heavy (non-hydrogen) atoms. The Labute approximate surface area is 110 Å². The van der Waals surface area contributed by atoms with Gasteiger partial charge in [0.25, 0.3) is 0 Å². The smallest absolute Gasteiger partial charge is 0.338 e. The van der Waals surface area contributed by atoms with Crippen molar-refractivity contribution < 1.29 is 9.53 Å². The Bertz CT molecular complexity index is 552. The van der Waals surface area contributed by atoms with E-state index in [9.17, 15) is 4.79 Å². The van der Waals surface area contributed by atoms with Gasteiger partial charge in [-0.2, -0.15) is 0 Å². The first-order chi connectivity index (χ1) is 8.70. The molecule has 92 valence electrons. The van der Waals surface area contributed by atoms with Crippen LogP contribution < -0.4 is 0 Å². The number of pyridine rings is 1. The van der Waals surface area contributed by atoms with Gasteiger partial charge in [0.05, 0.1) is 17.9 Å². The second kappa shape index (κ2) is 5.65. The molecule has 0 saturated heterocycles. The average Bonchev–Trinajstić information content (AvgIpc) is 2.39. The monoisotopic (exact) mass is 261 g/mol. The second-order valence-electron chi connectivity index (χ2n) is 3.64. The molecular formula is C14H12ClNO2. The predicted octanol–water partition coefficient (Wildman–Crippen LogP) is 3.58. The number of rotatable bonds is 3. The summed E-state index contributed by atoms with van der Waals surface area (Å²) in [6, 6.07) is 12.5. The summed E-state index contributed by atoms with van der Waals surface area (Å²) in [5.74, 6) is -0.317. The van der Waals surface area contributed by atoms with E-state index in [0.29, 0.717) is 17.3 Å². The zero-order valence-electron chi connectivity index (χ0n) is 9.89. The first-order valence-electron chi connectivity index (χ1n) is 5.61. The molecule has 2 rings (SSSR count). The summed E-state index contributed by atoms with van der Waals surface area (Å²) < 4.78 is 4.92. The molecular weight excluding hydrogens is 250 g/mol. The standard InChI is InChI=1S/C14H12ClNO2/c1-2-18-14(17)11-8-6-10(7-9-11)12-4-3-5-13(15)16-12/h3-9H,2H2,1H3. The Morgan fingerprint density at radius 1 is 1.22 bits per heavy atom. The van der Waals surface area contributed by atoms with Crippen LogP contribution in [0.4, 0.5) is 0 Å². The lowest BCUT2D eigenvalue weighted by Gasteiger charge is -2.04. The third kappa shape index (κ3) is 2.87. The topological polar surface area (TPSA) is 39.2 Å². The lowest BCUT2D eigenvalue weighted by molar-refractivity contribution is 0.0526. The minimum atomic E-state index is -0.317. The van der Waals surface area contributed by atoms with Crippen LogP contribution in [0.2, 0.25) is 5.15 Å². The molecule has 0 saturated carbocycles. The molecule has 0 radical (unpaired) electrons. The normalized spacial score (nSPS) is 10.1. The van der Waals surface area contributed by atoms with Crippen LogP contribution in [0.15, 0.2) is 42.5 Å². The van der Waals surface area contributed by atoms with Gasteiger partial charge in [-0.25, -0.2) is 9.78 Å². The zero-order chi connectivity index (χ0) is 13.0. The van der Waals surface area contributed by atoms with Gasteiger partial charge in [0.1, 0.15) is 5.15 Å². The highest BCUT2D eigenvalue weighted by Gasteiger charge is 2.06. The van der Waals surface area contributed by atoms with Crippen molar-refractivity contribution in [1.82, 2.24) is 4.98 Å². The summed E-state index contributed by atoms with van der Waals surface area (Å²) in [4.78, 5) is 15.7. The summed E-state index contributed by atoms with van der Waals surface area (Å²) in [5, 5.41) is 0.446. The van der Waals surface area contributed by atoms with Crippen molar-refractivity contribution in [1.29, 1.82) is 0 Å². The quantitative estimate of drug-likeness (QED) is 0.626. The van der Waals surface area contributed by atoms with Gasteiger partial charge >= 0.3 is 5.97 Å². The number of carbonyl (C=O) groups is 1. The summed E-state index contributed by atoms with van der Waals surface area (Å²) in [6.45, 7) is 2.15. The fourth-order valence-electron chi connectivity index (χ4n) is 1.56. The van der Waals surface area contributed by atoms with E-state index < -0.39 is 0 Å². The summed E-state index contributed by atoms with van der Waals surface area (Å²) in [6.07, 6.45) is 0. The fourth-order valence-corrected chi connectivity index (χ4v) is 1.72. The molecule has 0 amide bonds. The van der Waals surface area contributed by atoms with Crippen LogP contribution in [0.3, 0.4) is 0 Å². The largest absolute Gasteiger partial charge is 0.462 e. The molecule has 0 unspecified atom stereocenters. The van der Waals surface area contributed by atoms with Crippen LogP contribution in [0.5, 0.6) is 0 Å². The highest BCUT2D eigenvalue weighted by molar-refractivity contribution is 6.29. The fraction of sp³-hybridized carbons (Fsp3) is 0.143. The van der Waals surface area contributed by atoms with Crippen LogP contribution in [0.25, 0.3) is 11.3 Å². The van der Waals surface area contributed by atoms with E-state index in [2.05, 4.69) is 4.98 Å². The number of ether oxygens (including phenoxy) is 1. The van der Waals surface area contributed by atoms with Crippen molar-refractivity contribution in [2.24, 2.45) is 0 Å². The number of carbonyl (C=O) groups excluding carboxylic acids is 1. The van der Waals surface area contributed by atoms with Crippen molar-refractivity contribution in [3.63, 3.8) is 0 Å². The minimum Gasteiger partial charge on any atom is -0.462 e. The SMILES string of the molecule is CCOC(=O)c1ccc(-c2cccc(Cl)n2)cc1. The lowest BCUT2D eigenvalue weighted by atomic mass is 10.1. The molecule has 0 fully saturated rings. The van der Waals surface area contributed by atoms with Crippen molar-refractivity contribution >= 4 is 17.6 Å². The van der Waals surface area contributed by atoms with Crippen LogP contribution in [-0.4, -0.2) is 17.6 Å². The molecule has 0 aliphatic rings. The van der Waals surface area contributed by atoms with Gasteiger partial charge in [-0.15, -0.1) is 0 Å². The minimum absolute atomic E-state index is 0.317. The number of esters is 1. The van der Waals surface area contributed by atoms with E-state index in [1.165, 1.54) is 0 Å². The maximum Gasteiger partial charge on any atom is 0.338 e. The van der Waals surface area contributed by atoms with E-state index in [1.807, 2.05) is 24.3 Å². The molecule has 0 aliphatic heterocycles. The Kier molecular flexibility index (Phi) is 3.95. The molecule has 0 spiro atoms. The lowest BCUT2D eigenvalue weighted by Crippen LogP contribution is -2.04. The Balaban J connectivity index is 2.25. The number of hydrogen-bond donors (Lipinski definition) is 0. The van der Waals surface area contributed by atoms with Crippen molar-refractivity contribution in [3.05, 3.63) is 53.2 Å². The highest BCUT2D eigenvalue weighted by Crippen LogP contribution is 2.19. The maximum absolute atomic E-state index is 11.5. The number of halogens is 1. The Morgan fingerprint density at radius 3 is 2.56 bits per heavy atom. The zero-order valence-corrected chi connectivity index (χ0v) is 10.6. The van der Waals surface area contributed by atoms with Crippen molar-refractivity contribution in [2.45, 2.75) is 6.92 Å². The first kappa shape index (κ1) is 12.6. The van der Waals surface area contributed by atoms with Crippen LogP contribution in [-0.2, 0) is 4.74 Å². The van der Waals surface area contributed by atoms with Gasteiger partial charge in [-0.3, -0.25) is 0 Å². The number of hydrogen-bond acceptors (Lipinski definition) is 3. The molecule has 1 aromatic carbocycles. The number of nitrogens with zero attached hydrogens (tertiary/aromatic N) is 1. The number of benzene rings is 1. The molecule has 1 heterocycles. The molecule has 1 aromatic heterocycles. The van der Waals surface area contributed by atoms with Crippen LogP contribution in [0.1, 0.15) is 17.3 Å². The number of aromatic nitrogens is 1. The molecule has 2 aromatic rings. The third-order valence-electron chi connectivity index (χ3n) is 2.41. The van der Waals surface area contributed by atoms with Crippen molar-refractivity contribution in [2.75, 3.05) is 6.61 Å². The molecule has 0 bridgehead atoms. The summed E-state index contributed by atoms with van der Waals surface area (Å²) in [5.41, 5.74) is 2.21. The maximum atomic E-state index is 11.5. The van der Waals surface area contributed by atoms with E-state index in [-0.39, 0.29) is 5.97 Å². The van der Waals surface area contributed by atoms with Crippen LogP contribution >= 0.6 is 11.6 Å².